The molecule has 2 fully saturated rings. The average Bonchev–Trinajstić information content (AvgIpc) is 2.89. The highest BCUT2D eigenvalue weighted by Crippen LogP contribution is 2.44. The fraction of sp³-hybridized carbons (Fsp3) is 0.462. The molecule has 2 aliphatic rings. The Morgan fingerprint density at radius 2 is 1.59 bits per heavy atom. The van der Waals surface area contributed by atoms with E-state index in [-0.39, 0.29) is 21.0 Å². The molecule has 0 radical (unpaired) electrons. The van der Waals surface area contributed by atoms with E-state index < -0.39 is 39.7 Å². The van der Waals surface area contributed by atoms with Gasteiger partial charge in [0.05, 0.1) is 15.9 Å². The second-order valence-corrected chi connectivity index (χ2v) is 11.4. The summed E-state index contributed by atoms with van der Waals surface area (Å²) in [6.07, 6.45) is -6.19. The number of likely N-dealkylation sites (tertiary alicyclic amines) is 1. The fourth-order valence-corrected chi connectivity index (χ4v) is 6.60. The number of piperidine rings is 2. The molecule has 5 rings (SSSR count). The predicted octanol–water partition coefficient (Wildman–Crippen LogP) is 6.36. The van der Waals surface area contributed by atoms with Crippen molar-refractivity contribution in [1.82, 2.24) is 9.88 Å². The first-order valence-electron chi connectivity index (χ1n) is 12.7. The normalized spacial score (nSPS) is 18.1. The number of nitrogens with zero attached hydrogens (tertiary/aromatic N) is 4. The number of anilines is 1. The van der Waals surface area contributed by atoms with Crippen molar-refractivity contribution in [3.8, 4) is 5.75 Å². The van der Waals surface area contributed by atoms with Crippen LogP contribution in [-0.2, 0) is 12.7 Å². The summed E-state index contributed by atoms with van der Waals surface area (Å²) in [5.74, 6) is -0.266. The molecule has 15 heteroatoms. The third-order valence-corrected chi connectivity index (χ3v) is 8.95. The standard InChI is InChI=1S/C26H24F6N4O4S/c27-25(28,29)17-13-19-21(20(14-17)36(38)39)41-23(33-22(19)37)35-11-7-24(8-12-35)5-9-34(10-6-24)15-16-1-3-18(4-2-16)40-26(30,31)32/h1-4,13-14H,5-12,15H2. The van der Waals surface area contributed by atoms with Gasteiger partial charge < -0.3 is 9.64 Å². The minimum Gasteiger partial charge on any atom is -0.406 e. The maximum Gasteiger partial charge on any atom is 0.573 e. The number of non-ortho nitro benzene ring substituents is 1. The molecule has 0 atom stereocenters. The van der Waals surface area contributed by atoms with Crippen molar-refractivity contribution in [2.45, 2.75) is 44.8 Å². The van der Waals surface area contributed by atoms with Crippen LogP contribution in [0.4, 0.5) is 37.2 Å². The first kappa shape index (κ1) is 29.0. The first-order chi connectivity index (χ1) is 19.2. The van der Waals surface area contributed by atoms with Gasteiger partial charge in [0, 0.05) is 25.7 Å². The fourth-order valence-electron chi connectivity index (χ4n) is 5.49. The Kier molecular flexibility index (Phi) is 7.61. The summed E-state index contributed by atoms with van der Waals surface area (Å²) in [4.78, 5) is 31.4. The van der Waals surface area contributed by atoms with Crippen molar-refractivity contribution in [2.24, 2.45) is 5.41 Å². The number of nitro benzene ring substituents is 1. The molecular weight excluding hydrogens is 578 g/mol. The molecule has 3 heterocycles. The van der Waals surface area contributed by atoms with Gasteiger partial charge >= 0.3 is 12.5 Å². The van der Waals surface area contributed by atoms with Crippen molar-refractivity contribution in [1.29, 1.82) is 0 Å². The quantitative estimate of drug-likeness (QED) is 0.191. The van der Waals surface area contributed by atoms with Crippen LogP contribution in [0.5, 0.6) is 5.75 Å². The van der Waals surface area contributed by atoms with Crippen molar-refractivity contribution in [3.63, 3.8) is 0 Å². The summed E-state index contributed by atoms with van der Waals surface area (Å²) in [6.45, 7) is 3.29. The van der Waals surface area contributed by atoms with Gasteiger partial charge in [0.1, 0.15) is 10.4 Å². The lowest BCUT2D eigenvalue weighted by atomic mass is 9.71. The van der Waals surface area contributed by atoms with E-state index in [0.717, 1.165) is 55.7 Å². The van der Waals surface area contributed by atoms with Crippen molar-refractivity contribution in [3.05, 3.63) is 68.0 Å². The van der Waals surface area contributed by atoms with E-state index in [2.05, 4.69) is 14.6 Å². The zero-order valence-corrected chi connectivity index (χ0v) is 22.2. The van der Waals surface area contributed by atoms with Gasteiger partial charge in [-0.15, -0.1) is 13.2 Å². The number of hydrogen-bond acceptors (Lipinski definition) is 8. The third-order valence-electron chi connectivity index (χ3n) is 7.79. The number of alkyl halides is 6. The van der Waals surface area contributed by atoms with Crippen LogP contribution in [0.2, 0.25) is 0 Å². The molecule has 1 aromatic heterocycles. The van der Waals surface area contributed by atoms with Crippen molar-refractivity contribution >= 4 is 32.2 Å². The predicted molar refractivity (Wildman–Crippen MR) is 139 cm³/mol. The van der Waals surface area contributed by atoms with Crippen LogP contribution in [0.1, 0.15) is 36.8 Å². The van der Waals surface area contributed by atoms with Crippen LogP contribution in [0, 0.1) is 15.5 Å². The average molecular weight is 603 g/mol. The second kappa shape index (κ2) is 10.7. The van der Waals surface area contributed by atoms with E-state index in [1.165, 1.54) is 12.1 Å². The third kappa shape index (κ3) is 6.56. The number of rotatable bonds is 5. The lowest BCUT2D eigenvalue weighted by molar-refractivity contribution is -0.383. The Labute approximate surface area is 233 Å². The molecule has 0 aliphatic carbocycles. The molecule has 3 aromatic rings. The van der Waals surface area contributed by atoms with Crippen molar-refractivity contribution < 1.29 is 36.0 Å². The van der Waals surface area contributed by atoms with E-state index in [1.807, 2.05) is 4.90 Å². The molecule has 2 aliphatic heterocycles. The molecule has 8 nitrogen and oxygen atoms in total. The van der Waals surface area contributed by atoms with Gasteiger partial charge in [0.2, 0.25) is 0 Å². The molecular formula is C26H24F6N4O4S. The molecule has 2 saturated heterocycles. The molecule has 0 bridgehead atoms. The van der Waals surface area contributed by atoms with Gasteiger partial charge in [-0.2, -0.15) is 18.2 Å². The number of aromatic nitrogens is 1. The van der Waals surface area contributed by atoms with Crippen molar-refractivity contribution in [2.75, 3.05) is 31.1 Å². The van der Waals surface area contributed by atoms with Crippen LogP contribution in [0.25, 0.3) is 10.1 Å². The summed E-state index contributed by atoms with van der Waals surface area (Å²) >= 11 is 0.849. The number of hydrogen-bond donors (Lipinski definition) is 0. The Hall–Kier alpha value is -3.46. The lowest BCUT2D eigenvalue weighted by Crippen LogP contribution is -2.46. The summed E-state index contributed by atoms with van der Waals surface area (Å²) in [6, 6.07) is 6.87. The zero-order valence-electron chi connectivity index (χ0n) is 21.4. The van der Waals surface area contributed by atoms with Crippen LogP contribution in [0.3, 0.4) is 0 Å². The van der Waals surface area contributed by atoms with Gasteiger partial charge in [-0.1, -0.05) is 23.5 Å². The monoisotopic (exact) mass is 602 g/mol. The van der Waals surface area contributed by atoms with E-state index in [9.17, 15) is 41.3 Å². The van der Waals surface area contributed by atoms with E-state index in [0.29, 0.717) is 31.8 Å². The summed E-state index contributed by atoms with van der Waals surface area (Å²) in [5.41, 5.74) is -2.04. The highest BCUT2D eigenvalue weighted by molar-refractivity contribution is 7.22. The van der Waals surface area contributed by atoms with Crippen LogP contribution in [-0.4, -0.2) is 47.3 Å². The number of halogens is 6. The molecule has 41 heavy (non-hydrogen) atoms. The maximum atomic E-state index is 13.2. The Morgan fingerprint density at radius 3 is 2.15 bits per heavy atom. The van der Waals surface area contributed by atoms with Gasteiger partial charge in [0.15, 0.2) is 5.13 Å². The number of benzene rings is 2. The summed E-state index contributed by atoms with van der Waals surface area (Å²) in [5, 5.41) is 11.4. The summed E-state index contributed by atoms with van der Waals surface area (Å²) in [7, 11) is 0. The highest BCUT2D eigenvalue weighted by atomic mass is 32.1. The molecule has 1 spiro atoms. The SMILES string of the molecule is O=c1nc(N2CCC3(CCN(Cc4ccc(OC(F)(F)F)cc4)CC3)CC2)sc2c([N+](=O)[O-])cc(C(F)(F)F)cc12. The second-order valence-electron chi connectivity index (χ2n) is 10.4. The van der Waals surface area contributed by atoms with Gasteiger partial charge in [-0.25, -0.2) is 0 Å². The molecule has 220 valence electrons. The van der Waals surface area contributed by atoms with Crippen LogP contribution >= 0.6 is 11.3 Å². The van der Waals surface area contributed by atoms with E-state index in [4.69, 9.17) is 0 Å². The Morgan fingerprint density at radius 1 is 0.976 bits per heavy atom. The molecule has 0 unspecified atom stereocenters. The highest BCUT2D eigenvalue weighted by Gasteiger charge is 2.39. The largest absolute Gasteiger partial charge is 0.573 e. The van der Waals surface area contributed by atoms with Gasteiger partial charge in [-0.05, 0) is 68.0 Å². The van der Waals surface area contributed by atoms with Crippen LogP contribution in [0.15, 0.2) is 41.2 Å². The zero-order chi connectivity index (χ0) is 29.6. The molecule has 0 amide bonds. The van der Waals surface area contributed by atoms with Gasteiger partial charge in [-0.3, -0.25) is 19.8 Å². The number of nitro groups is 1. The topological polar surface area (TPSA) is 88.8 Å². The Balaban J connectivity index is 1.23. The molecule has 0 N–H and O–H groups in total. The van der Waals surface area contributed by atoms with Crippen LogP contribution < -0.4 is 15.2 Å². The molecule has 2 aromatic carbocycles. The van der Waals surface area contributed by atoms with E-state index >= 15 is 0 Å². The Bertz CT molecular complexity index is 1490. The lowest BCUT2D eigenvalue weighted by Gasteiger charge is -2.47. The van der Waals surface area contributed by atoms with E-state index in [1.54, 1.807) is 12.1 Å². The number of ether oxygens (including phenoxy) is 1. The molecule has 0 saturated carbocycles. The minimum atomic E-state index is -4.85. The van der Waals surface area contributed by atoms with Gasteiger partial charge in [0.25, 0.3) is 11.2 Å². The maximum absolute atomic E-state index is 13.2. The number of fused-ring (bicyclic) bond motifs is 1. The first-order valence-corrected chi connectivity index (χ1v) is 13.6. The smallest absolute Gasteiger partial charge is 0.406 e. The summed E-state index contributed by atoms with van der Waals surface area (Å²) < 4.78 is 80.6. The minimum absolute atomic E-state index is 0.0623.